The maximum absolute atomic E-state index is 13.5. The monoisotopic (exact) mass is 353 g/mol. The van der Waals surface area contributed by atoms with E-state index in [-0.39, 0.29) is 23.0 Å². The van der Waals surface area contributed by atoms with E-state index in [4.69, 9.17) is 0 Å². The number of halogens is 3. The molecule has 0 aliphatic heterocycles. The maximum atomic E-state index is 13.5. The molecule has 2 unspecified atom stereocenters. The van der Waals surface area contributed by atoms with Crippen LogP contribution in [0.5, 0.6) is 0 Å². The molecular weight excluding hydrogens is 335 g/mol. The molecular formula is C17H18F3N3O2. The smallest absolute Gasteiger partial charge is 0.393 e. The number of H-pyrrole nitrogens is 1. The van der Waals surface area contributed by atoms with Gasteiger partial charge >= 0.3 is 6.18 Å². The van der Waals surface area contributed by atoms with Crippen LogP contribution in [-0.2, 0) is 6.18 Å². The van der Waals surface area contributed by atoms with Crippen LogP contribution < -0.4 is 10.9 Å². The minimum Gasteiger partial charge on any atom is -0.393 e. The van der Waals surface area contributed by atoms with Crippen LogP contribution in [0.25, 0.3) is 11.3 Å². The van der Waals surface area contributed by atoms with Crippen LogP contribution in [-0.4, -0.2) is 27.4 Å². The molecule has 1 fully saturated rings. The molecule has 2 atom stereocenters. The normalized spacial score (nSPS) is 21.1. The van der Waals surface area contributed by atoms with E-state index in [0.29, 0.717) is 12.8 Å². The van der Waals surface area contributed by atoms with Crippen molar-refractivity contribution in [2.45, 2.75) is 44.0 Å². The number of nitrogens with zero attached hydrogens (tertiary/aromatic N) is 1. The van der Waals surface area contributed by atoms with E-state index in [9.17, 15) is 23.1 Å². The van der Waals surface area contributed by atoms with Crippen molar-refractivity contribution in [1.29, 1.82) is 0 Å². The lowest BCUT2D eigenvalue weighted by molar-refractivity contribution is -0.136. The Hall–Kier alpha value is -2.35. The summed E-state index contributed by atoms with van der Waals surface area (Å²) in [5, 5.41) is 18.6. The molecule has 25 heavy (non-hydrogen) atoms. The summed E-state index contributed by atoms with van der Waals surface area (Å²) in [5.41, 5.74) is -0.714. The fraction of sp³-hybridized carbons (Fsp3) is 0.412. The summed E-state index contributed by atoms with van der Waals surface area (Å²) >= 11 is 0. The molecule has 0 radical (unpaired) electrons. The standard InChI is InChI=1S/C17H18F3N3O2/c18-17(19,20)13-8-10(14-6-7-16(25)23-22-14)4-5-15(13)21-11-2-1-3-12(24)9-11/h4-8,11-12,21,24H,1-3,9H2,(H,23,25). The van der Waals surface area contributed by atoms with Gasteiger partial charge in [0.25, 0.3) is 5.56 Å². The van der Waals surface area contributed by atoms with Crippen LogP contribution in [0, 0.1) is 0 Å². The summed E-state index contributed by atoms with van der Waals surface area (Å²) in [6.07, 6.45) is -2.41. The molecule has 1 heterocycles. The molecule has 1 aliphatic rings. The fourth-order valence-corrected chi connectivity index (χ4v) is 3.08. The van der Waals surface area contributed by atoms with Gasteiger partial charge in [0.2, 0.25) is 0 Å². The van der Waals surface area contributed by atoms with Crippen molar-refractivity contribution in [1.82, 2.24) is 10.2 Å². The summed E-state index contributed by atoms with van der Waals surface area (Å²) in [5.74, 6) is 0. The average Bonchev–Trinajstić information content (AvgIpc) is 2.55. The Balaban J connectivity index is 1.93. The van der Waals surface area contributed by atoms with Gasteiger partial charge in [-0.3, -0.25) is 4.79 Å². The van der Waals surface area contributed by atoms with Crippen molar-refractivity contribution < 1.29 is 18.3 Å². The molecule has 0 bridgehead atoms. The number of hydrogen-bond acceptors (Lipinski definition) is 4. The van der Waals surface area contributed by atoms with Gasteiger partial charge in [0, 0.05) is 23.4 Å². The zero-order valence-corrected chi connectivity index (χ0v) is 13.3. The van der Waals surface area contributed by atoms with Crippen molar-refractivity contribution in [2.24, 2.45) is 0 Å². The number of aromatic amines is 1. The van der Waals surface area contributed by atoms with Gasteiger partial charge in [0.1, 0.15) is 0 Å². The van der Waals surface area contributed by atoms with Crippen molar-refractivity contribution in [3.63, 3.8) is 0 Å². The third kappa shape index (κ3) is 4.19. The number of benzene rings is 1. The lowest BCUT2D eigenvalue weighted by Gasteiger charge is -2.28. The summed E-state index contributed by atoms with van der Waals surface area (Å²) in [7, 11) is 0. The van der Waals surface area contributed by atoms with E-state index in [1.807, 2.05) is 0 Å². The molecule has 0 spiro atoms. The van der Waals surface area contributed by atoms with Crippen molar-refractivity contribution in [3.05, 3.63) is 46.2 Å². The van der Waals surface area contributed by atoms with Gasteiger partial charge in [-0.2, -0.15) is 18.3 Å². The minimum atomic E-state index is -4.53. The fourth-order valence-electron chi connectivity index (χ4n) is 3.08. The minimum absolute atomic E-state index is 0.0141. The lowest BCUT2D eigenvalue weighted by Crippen LogP contribution is -2.30. The van der Waals surface area contributed by atoms with Crippen LogP contribution in [0.4, 0.5) is 18.9 Å². The van der Waals surface area contributed by atoms with Crippen LogP contribution in [0.15, 0.2) is 35.1 Å². The topological polar surface area (TPSA) is 78.0 Å². The number of rotatable bonds is 3. The number of hydrogen-bond donors (Lipinski definition) is 3. The molecule has 3 N–H and O–H groups in total. The Kier molecular flexibility index (Phi) is 4.80. The Labute approximate surface area is 141 Å². The Morgan fingerprint density at radius 2 is 2.00 bits per heavy atom. The van der Waals surface area contributed by atoms with Crippen molar-refractivity contribution in [2.75, 3.05) is 5.32 Å². The highest BCUT2D eigenvalue weighted by molar-refractivity contribution is 5.66. The van der Waals surface area contributed by atoms with Crippen LogP contribution in [0.2, 0.25) is 0 Å². The van der Waals surface area contributed by atoms with Gasteiger partial charge in [-0.15, -0.1) is 0 Å². The molecule has 3 rings (SSSR count). The predicted molar refractivity (Wildman–Crippen MR) is 87.2 cm³/mol. The molecule has 0 amide bonds. The predicted octanol–water partition coefficient (Wildman–Crippen LogP) is 3.17. The highest BCUT2D eigenvalue weighted by atomic mass is 19.4. The van der Waals surface area contributed by atoms with E-state index >= 15 is 0 Å². The maximum Gasteiger partial charge on any atom is 0.418 e. The Morgan fingerprint density at radius 1 is 1.20 bits per heavy atom. The highest BCUT2D eigenvalue weighted by Crippen LogP contribution is 2.38. The van der Waals surface area contributed by atoms with E-state index < -0.39 is 23.4 Å². The first-order valence-corrected chi connectivity index (χ1v) is 8.05. The highest BCUT2D eigenvalue weighted by Gasteiger charge is 2.35. The second kappa shape index (κ2) is 6.87. The summed E-state index contributed by atoms with van der Waals surface area (Å²) in [6.45, 7) is 0. The van der Waals surface area contributed by atoms with E-state index in [1.54, 1.807) is 0 Å². The zero-order chi connectivity index (χ0) is 18.0. The largest absolute Gasteiger partial charge is 0.418 e. The lowest BCUT2D eigenvalue weighted by atomic mass is 9.92. The van der Waals surface area contributed by atoms with Crippen LogP contribution in [0.3, 0.4) is 0 Å². The Bertz CT molecular complexity index is 784. The van der Waals surface area contributed by atoms with E-state index in [2.05, 4.69) is 15.5 Å². The Morgan fingerprint density at radius 3 is 2.64 bits per heavy atom. The third-order valence-corrected chi connectivity index (χ3v) is 4.31. The number of anilines is 1. The molecule has 1 aromatic carbocycles. The first kappa shape index (κ1) is 17.5. The van der Waals surface area contributed by atoms with Crippen molar-refractivity contribution in [3.8, 4) is 11.3 Å². The van der Waals surface area contributed by atoms with Gasteiger partial charge in [0.05, 0.1) is 17.4 Å². The number of alkyl halides is 3. The van der Waals surface area contributed by atoms with E-state index in [0.717, 1.165) is 18.9 Å². The number of aromatic nitrogens is 2. The van der Waals surface area contributed by atoms with Gasteiger partial charge in [-0.1, -0.05) is 6.07 Å². The number of nitrogens with one attached hydrogen (secondary N) is 2. The molecule has 1 saturated carbocycles. The summed E-state index contributed by atoms with van der Waals surface area (Å²) < 4.78 is 40.4. The molecule has 1 aromatic heterocycles. The second-order valence-electron chi connectivity index (χ2n) is 6.23. The molecule has 1 aliphatic carbocycles. The summed E-state index contributed by atoms with van der Waals surface area (Å²) in [4.78, 5) is 11.1. The first-order chi connectivity index (χ1) is 11.8. The van der Waals surface area contributed by atoms with E-state index in [1.165, 1.54) is 24.3 Å². The third-order valence-electron chi connectivity index (χ3n) is 4.31. The van der Waals surface area contributed by atoms with Gasteiger partial charge in [-0.05, 0) is 43.9 Å². The zero-order valence-electron chi connectivity index (χ0n) is 13.3. The van der Waals surface area contributed by atoms with Gasteiger partial charge in [-0.25, -0.2) is 5.10 Å². The van der Waals surface area contributed by atoms with Crippen LogP contribution >= 0.6 is 0 Å². The SMILES string of the molecule is O=c1ccc(-c2ccc(NC3CCCC(O)C3)c(C(F)(F)F)c2)n[nH]1. The second-order valence-corrected chi connectivity index (χ2v) is 6.23. The summed E-state index contributed by atoms with van der Waals surface area (Å²) in [6, 6.07) is 6.30. The quantitative estimate of drug-likeness (QED) is 0.792. The molecule has 0 saturated heterocycles. The molecule has 2 aromatic rings. The average molecular weight is 353 g/mol. The van der Waals surface area contributed by atoms with Gasteiger partial charge in [0.15, 0.2) is 0 Å². The first-order valence-electron chi connectivity index (χ1n) is 8.05. The molecule has 8 heteroatoms. The van der Waals surface area contributed by atoms with Crippen LogP contribution in [0.1, 0.15) is 31.2 Å². The molecule has 134 valence electrons. The molecule has 5 nitrogen and oxygen atoms in total. The van der Waals surface area contributed by atoms with Crippen molar-refractivity contribution >= 4 is 5.69 Å². The number of aliphatic hydroxyl groups is 1. The van der Waals surface area contributed by atoms with Gasteiger partial charge < -0.3 is 10.4 Å². The number of aliphatic hydroxyl groups excluding tert-OH is 1.